The van der Waals surface area contributed by atoms with E-state index in [-0.39, 0.29) is 12.6 Å². The average Bonchev–Trinajstić information content (AvgIpc) is 3.24. The molecule has 4 rings (SSSR count). The Morgan fingerprint density at radius 3 is 2.73 bits per heavy atom. The summed E-state index contributed by atoms with van der Waals surface area (Å²) < 4.78 is 7.36. The summed E-state index contributed by atoms with van der Waals surface area (Å²) in [5.74, 6) is 0.669. The van der Waals surface area contributed by atoms with Crippen molar-refractivity contribution in [3.63, 3.8) is 0 Å². The minimum Gasteiger partial charge on any atom is -0.471 e. The van der Waals surface area contributed by atoms with E-state index in [4.69, 9.17) is 16.3 Å². The van der Waals surface area contributed by atoms with Crippen LogP contribution >= 0.6 is 11.6 Å². The molecule has 0 radical (unpaired) electrons. The van der Waals surface area contributed by atoms with Gasteiger partial charge in [-0.2, -0.15) is 5.10 Å². The molecule has 1 saturated heterocycles. The number of piperazine rings is 1. The van der Waals surface area contributed by atoms with Gasteiger partial charge in [-0.1, -0.05) is 17.7 Å². The minimum absolute atomic E-state index is 0.0443. The van der Waals surface area contributed by atoms with Gasteiger partial charge in [0.25, 0.3) is 5.91 Å². The van der Waals surface area contributed by atoms with Crippen LogP contribution in [0.5, 0.6) is 5.75 Å². The van der Waals surface area contributed by atoms with E-state index in [0.717, 1.165) is 25.2 Å². The largest absolute Gasteiger partial charge is 0.471 e. The van der Waals surface area contributed by atoms with E-state index in [1.54, 1.807) is 29.2 Å². The molecule has 1 aliphatic rings. The van der Waals surface area contributed by atoms with Gasteiger partial charge in [0.1, 0.15) is 5.75 Å². The fraction of sp³-hybridized carbons (Fsp3) is 0.318. The smallest absolute Gasteiger partial charge is 0.274 e. The van der Waals surface area contributed by atoms with E-state index >= 15 is 0 Å². The van der Waals surface area contributed by atoms with Gasteiger partial charge in [0.05, 0.1) is 0 Å². The molecule has 1 fully saturated rings. The summed E-state index contributed by atoms with van der Waals surface area (Å²) in [6.45, 7) is 6.05. The second-order valence-electron chi connectivity index (χ2n) is 7.35. The van der Waals surface area contributed by atoms with E-state index in [2.05, 4.69) is 21.0 Å². The van der Waals surface area contributed by atoms with Crippen molar-refractivity contribution < 1.29 is 9.53 Å². The summed E-state index contributed by atoms with van der Waals surface area (Å²) in [7, 11) is 0. The van der Waals surface area contributed by atoms with E-state index < -0.39 is 0 Å². The van der Waals surface area contributed by atoms with Crippen LogP contribution < -0.4 is 4.74 Å². The van der Waals surface area contributed by atoms with Crippen molar-refractivity contribution in [2.75, 3.05) is 26.2 Å². The first-order valence-electron chi connectivity index (χ1n) is 9.91. The number of rotatable bonds is 6. The summed E-state index contributed by atoms with van der Waals surface area (Å²) in [4.78, 5) is 21.2. The van der Waals surface area contributed by atoms with Gasteiger partial charge in [0.2, 0.25) is 0 Å². The quantitative estimate of drug-likeness (QED) is 0.606. The van der Waals surface area contributed by atoms with Gasteiger partial charge in [0.15, 0.2) is 12.4 Å². The zero-order valence-electron chi connectivity index (χ0n) is 16.9. The van der Waals surface area contributed by atoms with Gasteiger partial charge in [-0.25, -0.2) is 4.68 Å². The average molecular weight is 426 g/mol. The number of carbonyl (C=O) groups is 1. The highest BCUT2D eigenvalue weighted by molar-refractivity contribution is 6.31. The Morgan fingerprint density at radius 2 is 2.00 bits per heavy atom. The Balaban J connectivity index is 1.28. The molecular formula is C22H24ClN5O2. The SMILES string of the molecule is Cc1cc(OCn2ccc(C(=O)N3CCN(Cc4cccnc4)CC3)n2)ccc1Cl. The van der Waals surface area contributed by atoms with E-state index in [0.29, 0.717) is 29.6 Å². The normalized spacial score (nSPS) is 14.7. The lowest BCUT2D eigenvalue weighted by molar-refractivity contribution is 0.0620. The van der Waals surface area contributed by atoms with Crippen LogP contribution in [-0.4, -0.2) is 56.7 Å². The highest BCUT2D eigenvalue weighted by Crippen LogP contribution is 2.21. The van der Waals surface area contributed by atoms with Crippen molar-refractivity contribution in [1.82, 2.24) is 24.6 Å². The molecule has 2 aromatic heterocycles. The van der Waals surface area contributed by atoms with Crippen LogP contribution in [0.4, 0.5) is 0 Å². The number of halogens is 1. The van der Waals surface area contributed by atoms with Gasteiger partial charge < -0.3 is 9.64 Å². The minimum atomic E-state index is -0.0443. The van der Waals surface area contributed by atoms with Crippen molar-refractivity contribution in [1.29, 1.82) is 0 Å². The van der Waals surface area contributed by atoms with Crippen LogP contribution in [0.3, 0.4) is 0 Å². The standard InChI is InChI=1S/C22H24ClN5O2/c1-17-13-19(4-5-20(17)23)30-16-28-8-6-21(25-28)22(29)27-11-9-26(10-12-27)15-18-3-2-7-24-14-18/h2-8,13-14H,9-12,15-16H2,1H3. The number of ether oxygens (including phenoxy) is 1. The molecule has 7 nitrogen and oxygen atoms in total. The Labute approximate surface area is 180 Å². The second kappa shape index (κ2) is 9.28. The molecule has 0 spiro atoms. The Hall–Kier alpha value is -2.90. The molecule has 0 N–H and O–H groups in total. The number of benzene rings is 1. The molecule has 1 aromatic carbocycles. The number of aromatic nitrogens is 3. The zero-order valence-corrected chi connectivity index (χ0v) is 17.6. The maximum absolute atomic E-state index is 12.8. The number of pyridine rings is 1. The third kappa shape index (κ3) is 4.98. The van der Waals surface area contributed by atoms with Crippen LogP contribution in [0.2, 0.25) is 5.02 Å². The Kier molecular flexibility index (Phi) is 6.30. The van der Waals surface area contributed by atoms with Crippen LogP contribution in [0.25, 0.3) is 0 Å². The van der Waals surface area contributed by atoms with Crippen LogP contribution in [-0.2, 0) is 13.3 Å². The fourth-order valence-corrected chi connectivity index (χ4v) is 3.53. The molecule has 1 aliphatic heterocycles. The number of hydrogen-bond acceptors (Lipinski definition) is 5. The number of hydrogen-bond donors (Lipinski definition) is 0. The van der Waals surface area contributed by atoms with E-state index in [1.807, 2.05) is 36.2 Å². The zero-order chi connectivity index (χ0) is 20.9. The summed E-state index contributed by atoms with van der Waals surface area (Å²) in [5.41, 5.74) is 2.58. The highest BCUT2D eigenvalue weighted by atomic mass is 35.5. The van der Waals surface area contributed by atoms with Crippen LogP contribution in [0.1, 0.15) is 21.6 Å². The summed E-state index contributed by atoms with van der Waals surface area (Å²) in [6, 6.07) is 11.3. The molecule has 156 valence electrons. The molecule has 3 heterocycles. The Bertz CT molecular complexity index is 1000. The van der Waals surface area contributed by atoms with Crippen molar-refractivity contribution in [3.8, 4) is 5.75 Å². The molecule has 0 unspecified atom stereocenters. The fourth-order valence-electron chi connectivity index (χ4n) is 3.42. The highest BCUT2D eigenvalue weighted by Gasteiger charge is 2.23. The topological polar surface area (TPSA) is 63.5 Å². The predicted octanol–water partition coefficient (Wildman–Crippen LogP) is 3.23. The molecule has 0 aliphatic carbocycles. The van der Waals surface area contributed by atoms with E-state index in [9.17, 15) is 4.79 Å². The molecule has 30 heavy (non-hydrogen) atoms. The first-order valence-corrected chi connectivity index (χ1v) is 10.3. The molecule has 0 saturated carbocycles. The van der Waals surface area contributed by atoms with Gasteiger partial charge in [-0.05, 0) is 48.4 Å². The molecule has 8 heteroatoms. The third-order valence-corrected chi connectivity index (χ3v) is 5.57. The van der Waals surface area contributed by atoms with Gasteiger partial charge in [-0.15, -0.1) is 0 Å². The maximum atomic E-state index is 12.8. The van der Waals surface area contributed by atoms with Crippen molar-refractivity contribution in [2.45, 2.75) is 20.2 Å². The molecule has 1 amide bonds. The van der Waals surface area contributed by atoms with E-state index in [1.165, 1.54) is 5.56 Å². The first kappa shape index (κ1) is 20.4. The van der Waals surface area contributed by atoms with Gasteiger partial charge in [0, 0.05) is 56.3 Å². The molecule has 3 aromatic rings. The predicted molar refractivity (Wildman–Crippen MR) is 114 cm³/mol. The maximum Gasteiger partial charge on any atom is 0.274 e. The lowest BCUT2D eigenvalue weighted by Gasteiger charge is -2.34. The third-order valence-electron chi connectivity index (χ3n) is 5.14. The lowest BCUT2D eigenvalue weighted by atomic mass is 10.2. The Morgan fingerprint density at radius 1 is 1.17 bits per heavy atom. The van der Waals surface area contributed by atoms with Crippen LogP contribution in [0.15, 0.2) is 55.0 Å². The van der Waals surface area contributed by atoms with Crippen molar-refractivity contribution in [3.05, 3.63) is 76.8 Å². The number of nitrogens with zero attached hydrogens (tertiary/aromatic N) is 5. The summed E-state index contributed by atoms with van der Waals surface area (Å²) >= 11 is 6.04. The summed E-state index contributed by atoms with van der Waals surface area (Å²) in [5, 5.41) is 5.08. The number of aryl methyl sites for hydroxylation is 1. The van der Waals surface area contributed by atoms with Crippen molar-refractivity contribution in [2.24, 2.45) is 0 Å². The first-order chi connectivity index (χ1) is 14.6. The molecular weight excluding hydrogens is 402 g/mol. The second-order valence-corrected chi connectivity index (χ2v) is 7.76. The van der Waals surface area contributed by atoms with Gasteiger partial charge >= 0.3 is 0 Å². The van der Waals surface area contributed by atoms with Crippen LogP contribution in [0, 0.1) is 6.92 Å². The van der Waals surface area contributed by atoms with Gasteiger partial charge in [-0.3, -0.25) is 14.7 Å². The lowest BCUT2D eigenvalue weighted by Crippen LogP contribution is -2.48. The monoisotopic (exact) mass is 425 g/mol. The molecule has 0 bridgehead atoms. The number of amides is 1. The number of carbonyl (C=O) groups excluding carboxylic acids is 1. The summed E-state index contributed by atoms with van der Waals surface area (Å²) in [6.07, 6.45) is 5.42. The van der Waals surface area contributed by atoms with Crippen molar-refractivity contribution >= 4 is 17.5 Å². The molecule has 0 atom stereocenters.